The lowest BCUT2D eigenvalue weighted by molar-refractivity contribution is 0.102. The summed E-state index contributed by atoms with van der Waals surface area (Å²) < 4.78 is 1.71. The molecule has 2 aromatic carbocycles. The molecular formula is C19H16N6O. The van der Waals surface area contributed by atoms with Gasteiger partial charge in [-0.2, -0.15) is 10.2 Å². The molecular weight excluding hydrogens is 328 g/mol. The number of aryl methyl sites for hydroxylation is 1. The Morgan fingerprint density at radius 2 is 2.00 bits per heavy atom. The topological polar surface area (TPSA) is 88.5 Å². The first-order valence-electron chi connectivity index (χ1n) is 8.10. The van der Waals surface area contributed by atoms with Crippen molar-refractivity contribution < 1.29 is 4.79 Å². The third kappa shape index (κ3) is 3.10. The van der Waals surface area contributed by atoms with Crippen LogP contribution in [-0.2, 0) is 0 Å². The monoisotopic (exact) mass is 344 g/mol. The molecule has 4 aromatic rings. The number of aromatic amines is 1. The van der Waals surface area contributed by atoms with Crippen LogP contribution < -0.4 is 5.32 Å². The van der Waals surface area contributed by atoms with E-state index in [4.69, 9.17) is 0 Å². The minimum absolute atomic E-state index is 0.210. The van der Waals surface area contributed by atoms with Crippen molar-refractivity contribution in [2.75, 3.05) is 5.32 Å². The Morgan fingerprint density at radius 1 is 1.12 bits per heavy atom. The summed E-state index contributed by atoms with van der Waals surface area (Å²) in [6.07, 6.45) is 3.53. The van der Waals surface area contributed by atoms with Gasteiger partial charge in [0.1, 0.15) is 5.82 Å². The highest BCUT2D eigenvalue weighted by Gasteiger charge is 2.13. The van der Waals surface area contributed by atoms with Gasteiger partial charge in [0.25, 0.3) is 5.91 Å². The normalized spacial score (nSPS) is 10.7. The molecule has 2 N–H and O–H groups in total. The van der Waals surface area contributed by atoms with E-state index in [0.29, 0.717) is 22.9 Å². The van der Waals surface area contributed by atoms with E-state index in [-0.39, 0.29) is 5.91 Å². The highest BCUT2D eigenvalue weighted by molar-refractivity contribution is 6.06. The Labute approximate surface area is 149 Å². The van der Waals surface area contributed by atoms with E-state index in [1.54, 1.807) is 23.0 Å². The van der Waals surface area contributed by atoms with E-state index >= 15 is 0 Å². The number of nitrogens with zero attached hydrogens (tertiary/aromatic N) is 4. The number of carbonyl (C=O) groups excluding carboxylic acids is 1. The molecule has 2 aromatic heterocycles. The third-order valence-electron chi connectivity index (χ3n) is 3.89. The smallest absolute Gasteiger partial charge is 0.255 e. The summed E-state index contributed by atoms with van der Waals surface area (Å²) in [6.45, 7) is 1.83. The zero-order valence-corrected chi connectivity index (χ0v) is 14.0. The minimum Gasteiger partial charge on any atom is -0.321 e. The van der Waals surface area contributed by atoms with Crippen LogP contribution in [0.15, 0.2) is 67.0 Å². The number of hydrogen-bond acceptors (Lipinski definition) is 4. The number of aromatic nitrogens is 5. The van der Waals surface area contributed by atoms with E-state index in [1.165, 1.54) is 0 Å². The first-order valence-corrected chi connectivity index (χ1v) is 8.10. The number of H-pyrrole nitrogens is 1. The summed E-state index contributed by atoms with van der Waals surface area (Å²) >= 11 is 0. The lowest BCUT2D eigenvalue weighted by Gasteiger charge is -2.10. The zero-order valence-electron chi connectivity index (χ0n) is 14.0. The number of amides is 1. The SMILES string of the molecule is Cc1nc(-c2ccccc2NC(=O)c2cccc(-n3cccn3)c2)n[nH]1. The molecule has 0 saturated carbocycles. The van der Waals surface area contributed by atoms with Gasteiger partial charge < -0.3 is 5.32 Å². The highest BCUT2D eigenvalue weighted by atomic mass is 16.1. The van der Waals surface area contributed by atoms with Crippen molar-refractivity contribution in [3.8, 4) is 17.1 Å². The molecule has 0 saturated heterocycles. The lowest BCUT2D eigenvalue weighted by Crippen LogP contribution is -2.13. The summed E-state index contributed by atoms with van der Waals surface area (Å²) in [5, 5.41) is 14.1. The molecule has 1 amide bonds. The van der Waals surface area contributed by atoms with Gasteiger partial charge >= 0.3 is 0 Å². The average molecular weight is 344 g/mol. The molecule has 0 aliphatic rings. The molecule has 0 atom stereocenters. The molecule has 0 fully saturated rings. The fraction of sp³-hybridized carbons (Fsp3) is 0.0526. The molecule has 7 heteroatoms. The first-order chi connectivity index (χ1) is 12.7. The number of para-hydroxylation sites is 1. The van der Waals surface area contributed by atoms with Crippen molar-refractivity contribution >= 4 is 11.6 Å². The van der Waals surface area contributed by atoms with Crippen molar-refractivity contribution in [2.24, 2.45) is 0 Å². The lowest BCUT2D eigenvalue weighted by atomic mass is 10.1. The summed E-state index contributed by atoms with van der Waals surface area (Å²) in [7, 11) is 0. The van der Waals surface area contributed by atoms with E-state index in [0.717, 1.165) is 11.3 Å². The van der Waals surface area contributed by atoms with Gasteiger partial charge in [-0.05, 0) is 43.3 Å². The number of benzene rings is 2. The van der Waals surface area contributed by atoms with E-state index in [2.05, 4.69) is 25.6 Å². The zero-order chi connectivity index (χ0) is 17.9. The van der Waals surface area contributed by atoms with Gasteiger partial charge in [0.15, 0.2) is 5.82 Å². The first kappa shape index (κ1) is 15.8. The van der Waals surface area contributed by atoms with Crippen LogP contribution in [0.25, 0.3) is 17.1 Å². The van der Waals surface area contributed by atoms with Crippen molar-refractivity contribution in [3.63, 3.8) is 0 Å². The Bertz CT molecular complexity index is 1050. The maximum atomic E-state index is 12.7. The van der Waals surface area contributed by atoms with Gasteiger partial charge in [-0.25, -0.2) is 9.67 Å². The maximum absolute atomic E-state index is 12.7. The van der Waals surface area contributed by atoms with Gasteiger partial charge in [0, 0.05) is 23.5 Å². The molecule has 0 radical (unpaired) electrons. The van der Waals surface area contributed by atoms with Crippen LogP contribution in [0.4, 0.5) is 5.69 Å². The average Bonchev–Trinajstić information content (AvgIpc) is 3.34. The number of nitrogens with one attached hydrogen (secondary N) is 2. The maximum Gasteiger partial charge on any atom is 0.255 e. The molecule has 2 heterocycles. The molecule has 0 aliphatic heterocycles. The van der Waals surface area contributed by atoms with Crippen LogP contribution >= 0.6 is 0 Å². The van der Waals surface area contributed by atoms with Gasteiger partial charge in [-0.3, -0.25) is 9.89 Å². The number of carbonyl (C=O) groups is 1. The second-order valence-corrected chi connectivity index (χ2v) is 5.75. The predicted octanol–water partition coefficient (Wildman–Crippen LogP) is 3.22. The van der Waals surface area contributed by atoms with Gasteiger partial charge in [-0.1, -0.05) is 18.2 Å². The molecule has 0 spiro atoms. The molecule has 26 heavy (non-hydrogen) atoms. The van der Waals surface area contributed by atoms with Crippen molar-refractivity contribution in [2.45, 2.75) is 6.92 Å². The van der Waals surface area contributed by atoms with E-state index < -0.39 is 0 Å². The fourth-order valence-electron chi connectivity index (χ4n) is 2.66. The van der Waals surface area contributed by atoms with Crippen LogP contribution in [0.5, 0.6) is 0 Å². The van der Waals surface area contributed by atoms with Crippen LogP contribution in [0, 0.1) is 6.92 Å². The molecule has 0 aliphatic carbocycles. The third-order valence-corrected chi connectivity index (χ3v) is 3.89. The van der Waals surface area contributed by atoms with Crippen LogP contribution in [0.2, 0.25) is 0 Å². The van der Waals surface area contributed by atoms with E-state index in [1.807, 2.05) is 55.6 Å². The summed E-state index contributed by atoms with van der Waals surface area (Å²) in [4.78, 5) is 17.1. The summed E-state index contributed by atoms with van der Waals surface area (Å²) in [5.41, 5.74) is 2.77. The highest BCUT2D eigenvalue weighted by Crippen LogP contribution is 2.25. The second kappa shape index (κ2) is 6.64. The van der Waals surface area contributed by atoms with Crippen molar-refractivity contribution in [1.29, 1.82) is 0 Å². The minimum atomic E-state index is -0.210. The van der Waals surface area contributed by atoms with E-state index in [9.17, 15) is 4.79 Å². The van der Waals surface area contributed by atoms with Gasteiger partial charge in [-0.15, -0.1) is 0 Å². The Kier molecular flexibility index (Phi) is 4.03. The van der Waals surface area contributed by atoms with Crippen LogP contribution in [0.3, 0.4) is 0 Å². The predicted molar refractivity (Wildman–Crippen MR) is 98.1 cm³/mol. The quantitative estimate of drug-likeness (QED) is 0.595. The molecule has 0 unspecified atom stereocenters. The summed E-state index contributed by atoms with van der Waals surface area (Å²) in [6, 6.07) is 16.6. The second-order valence-electron chi connectivity index (χ2n) is 5.75. The van der Waals surface area contributed by atoms with Gasteiger partial charge in [0.2, 0.25) is 0 Å². The number of anilines is 1. The van der Waals surface area contributed by atoms with Gasteiger partial charge in [0.05, 0.1) is 11.4 Å². The largest absolute Gasteiger partial charge is 0.321 e. The fourth-order valence-corrected chi connectivity index (χ4v) is 2.66. The number of rotatable bonds is 4. The molecule has 0 bridgehead atoms. The van der Waals surface area contributed by atoms with Crippen LogP contribution in [-0.4, -0.2) is 30.9 Å². The Morgan fingerprint density at radius 3 is 2.77 bits per heavy atom. The van der Waals surface area contributed by atoms with Crippen molar-refractivity contribution in [3.05, 3.63) is 78.4 Å². The molecule has 4 rings (SSSR count). The van der Waals surface area contributed by atoms with Crippen LogP contribution in [0.1, 0.15) is 16.2 Å². The number of hydrogen-bond donors (Lipinski definition) is 2. The summed E-state index contributed by atoms with van der Waals surface area (Å²) in [5.74, 6) is 1.05. The molecule has 7 nitrogen and oxygen atoms in total. The molecule has 128 valence electrons. The standard InChI is InChI=1S/C19H16N6O/c1-13-21-18(24-23-13)16-8-2-3-9-17(16)22-19(26)14-6-4-7-15(12-14)25-11-5-10-20-25/h2-12H,1H3,(H,22,26)(H,21,23,24). The Hall–Kier alpha value is -3.74. The Balaban J connectivity index is 1.63. The van der Waals surface area contributed by atoms with Crippen molar-refractivity contribution in [1.82, 2.24) is 25.0 Å².